The molecule has 22 heavy (non-hydrogen) atoms. The topological polar surface area (TPSA) is 63.7 Å². The van der Waals surface area contributed by atoms with Crippen LogP contribution < -0.4 is 9.64 Å². The van der Waals surface area contributed by atoms with Gasteiger partial charge in [-0.3, -0.25) is 19.3 Å². The van der Waals surface area contributed by atoms with Crippen LogP contribution in [0.5, 0.6) is 5.75 Å². The maximum Gasteiger partial charge on any atom is 0.308 e. The fourth-order valence-corrected chi connectivity index (χ4v) is 3.23. The molecule has 2 aliphatic rings. The first-order valence-electron chi connectivity index (χ1n) is 7.32. The van der Waals surface area contributed by atoms with Gasteiger partial charge in [-0.2, -0.15) is 0 Å². The van der Waals surface area contributed by atoms with Gasteiger partial charge in [-0.25, -0.2) is 0 Å². The van der Waals surface area contributed by atoms with Crippen molar-refractivity contribution in [2.24, 2.45) is 17.8 Å². The summed E-state index contributed by atoms with van der Waals surface area (Å²) in [6, 6.07) is 6.43. The lowest BCUT2D eigenvalue weighted by atomic mass is 9.78. The molecule has 0 N–H and O–H groups in total. The molecule has 1 aliphatic heterocycles. The number of anilines is 1. The summed E-state index contributed by atoms with van der Waals surface area (Å²) in [5, 5.41) is 0. The molecule has 1 aromatic rings. The lowest BCUT2D eigenvalue weighted by Crippen LogP contribution is -2.31. The number of hydrogen-bond acceptors (Lipinski definition) is 4. The Morgan fingerprint density at radius 3 is 2.45 bits per heavy atom. The second-order valence-electron chi connectivity index (χ2n) is 5.75. The van der Waals surface area contributed by atoms with Crippen LogP contribution in [0.4, 0.5) is 5.69 Å². The first-order chi connectivity index (χ1) is 10.5. The minimum absolute atomic E-state index is 0.0699. The van der Waals surface area contributed by atoms with Gasteiger partial charge in [-0.1, -0.05) is 19.1 Å². The van der Waals surface area contributed by atoms with Gasteiger partial charge in [0, 0.05) is 6.92 Å². The summed E-state index contributed by atoms with van der Waals surface area (Å²) in [5.74, 6) is -0.778. The van der Waals surface area contributed by atoms with E-state index in [1.165, 1.54) is 11.8 Å². The minimum atomic E-state index is -0.410. The summed E-state index contributed by atoms with van der Waals surface area (Å²) >= 11 is 0. The van der Waals surface area contributed by atoms with E-state index in [2.05, 4.69) is 0 Å². The SMILES string of the molecule is CC(=O)Oc1ccc(N2C(=O)[C@H]3[C@H](C)C=CC[C@H]3C2=O)cc1. The van der Waals surface area contributed by atoms with Crippen LogP contribution in [0.1, 0.15) is 20.3 Å². The van der Waals surface area contributed by atoms with Crippen molar-refractivity contribution in [3.63, 3.8) is 0 Å². The normalized spacial score (nSPS) is 27.0. The number of allylic oxidation sites excluding steroid dienone is 2. The molecule has 3 rings (SSSR count). The number of esters is 1. The molecule has 5 nitrogen and oxygen atoms in total. The molecule has 1 aromatic carbocycles. The molecule has 3 atom stereocenters. The number of carbonyl (C=O) groups is 3. The van der Waals surface area contributed by atoms with Crippen molar-refractivity contribution in [2.45, 2.75) is 20.3 Å². The highest BCUT2D eigenvalue weighted by Crippen LogP contribution is 2.40. The van der Waals surface area contributed by atoms with Crippen LogP contribution in [0.2, 0.25) is 0 Å². The lowest BCUT2D eigenvalue weighted by molar-refractivity contribution is -0.132. The molecule has 2 amide bonds. The van der Waals surface area contributed by atoms with Gasteiger partial charge in [0.25, 0.3) is 0 Å². The highest BCUT2D eigenvalue weighted by molar-refractivity contribution is 6.22. The average molecular weight is 299 g/mol. The predicted molar refractivity (Wildman–Crippen MR) is 80.1 cm³/mol. The second kappa shape index (κ2) is 5.40. The summed E-state index contributed by atoms with van der Waals surface area (Å²) in [4.78, 5) is 37.3. The van der Waals surface area contributed by atoms with Crippen LogP contribution in [0.25, 0.3) is 0 Å². The van der Waals surface area contributed by atoms with E-state index in [9.17, 15) is 14.4 Å². The molecule has 1 saturated heterocycles. The van der Waals surface area contributed by atoms with Crippen molar-refractivity contribution in [1.82, 2.24) is 0 Å². The zero-order chi connectivity index (χ0) is 15.9. The number of hydrogen-bond donors (Lipinski definition) is 0. The van der Waals surface area contributed by atoms with Crippen molar-refractivity contribution in [2.75, 3.05) is 4.90 Å². The Labute approximate surface area is 128 Å². The van der Waals surface area contributed by atoms with Crippen LogP contribution in [0, 0.1) is 17.8 Å². The molecule has 0 radical (unpaired) electrons. The van der Waals surface area contributed by atoms with Gasteiger partial charge in [0.05, 0.1) is 17.5 Å². The molecule has 114 valence electrons. The average Bonchev–Trinajstić information content (AvgIpc) is 2.73. The highest BCUT2D eigenvalue weighted by Gasteiger charge is 2.50. The second-order valence-corrected chi connectivity index (χ2v) is 5.75. The number of imide groups is 1. The molecule has 0 unspecified atom stereocenters. The van der Waals surface area contributed by atoms with Crippen LogP contribution >= 0.6 is 0 Å². The molecular weight excluding hydrogens is 282 g/mol. The van der Waals surface area contributed by atoms with E-state index in [4.69, 9.17) is 4.74 Å². The molecule has 1 aliphatic carbocycles. The van der Waals surface area contributed by atoms with Crippen LogP contribution in [0.3, 0.4) is 0 Å². The first-order valence-corrected chi connectivity index (χ1v) is 7.32. The van der Waals surface area contributed by atoms with Gasteiger partial charge in [0.2, 0.25) is 11.8 Å². The molecular formula is C17H17NO4. The number of amides is 2. The van der Waals surface area contributed by atoms with Gasteiger partial charge in [0.1, 0.15) is 5.75 Å². The Balaban J connectivity index is 1.87. The third-order valence-electron chi connectivity index (χ3n) is 4.23. The fourth-order valence-electron chi connectivity index (χ4n) is 3.23. The maximum atomic E-state index is 12.6. The Hall–Kier alpha value is -2.43. The minimum Gasteiger partial charge on any atom is -0.427 e. The van der Waals surface area contributed by atoms with E-state index < -0.39 is 5.97 Å². The van der Waals surface area contributed by atoms with Crippen molar-refractivity contribution >= 4 is 23.5 Å². The van der Waals surface area contributed by atoms with Gasteiger partial charge >= 0.3 is 5.97 Å². The number of ether oxygens (including phenoxy) is 1. The largest absolute Gasteiger partial charge is 0.427 e. The summed E-state index contributed by atoms with van der Waals surface area (Å²) < 4.78 is 4.96. The smallest absolute Gasteiger partial charge is 0.308 e. The number of fused-ring (bicyclic) bond motifs is 1. The molecule has 1 heterocycles. The number of benzene rings is 1. The summed E-state index contributed by atoms with van der Waals surface area (Å²) in [5.41, 5.74) is 0.521. The van der Waals surface area contributed by atoms with Crippen molar-refractivity contribution in [1.29, 1.82) is 0 Å². The summed E-state index contributed by atoms with van der Waals surface area (Å²) in [6.45, 7) is 3.28. The monoisotopic (exact) mass is 299 g/mol. The van der Waals surface area contributed by atoms with Crippen LogP contribution in [-0.4, -0.2) is 17.8 Å². The Morgan fingerprint density at radius 2 is 1.86 bits per heavy atom. The van der Waals surface area contributed by atoms with E-state index in [1.807, 2.05) is 19.1 Å². The van der Waals surface area contributed by atoms with Gasteiger partial charge in [-0.05, 0) is 36.6 Å². The zero-order valence-electron chi connectivity index (χ0n) is 12.5. The maximum absolute atomic E-state index is 12.6. The van der Waals surface area contributed by atoms with Crippen molar-refractivity contribution in [3.05, 3.63) is 36.4 Å². The number of rotatable bonds is 2. The Morgan fingerprint density at radius 1 is 1.18 bits per heavy atom. The quantitative estimate of drug-likeness (QED) is 0.364. The number of nitrogens with zero attached hydrogens (tertiary/aromatic N) is 1. The molecule has 0 bridgehead atoms. The number of carbonyl (C=O) groups excluding carboxylic acids is 3. The Kier molecular flexibility index (Phi) is 3.56. The van der Waals surface area contributed by atoms with E-state index in [-0.39, 0.29) is 29.6 Å². The van der Waals surface area contributed by atoms with Gasteiger partial charge in [0.15, 0.2) is 0 Å². The molecule has 0 aromatic heterocycles. The van der Waals surface area contributed by atoms with Gasteiger partial charge < -0.3 is 4.74 Å². The zero-order valence-corrected chi connectivity index (χ0v) is 12.5. The van der Waals surface area contributed by atoms with Crippen LogP contribution in [0.15, 0.2) is 36.4 Å². The standard InChI is InChI=1S/C17H17NO4/c1-10-4-3-5-14-15(10)17(21)18(16(14)20)12-6-8-13(9-7-12)22-11(2)19/h3-4,6-10,14-15H,5H2,1-2H3/t10-,14-,15+/m1/s1. The summed E-state index contributed by atoms with van der Waals surface area (Å²) in [7, 11) is 0. The van der Waals surface area contributed by atoms with E-state index >= 15 is 0 Å². The third-order valence-corrected chi connectivity index (χ3v) is 4.23. The van der Waals surface area contributed by atoms with Gasteiger partial charge in [-0.15, -0.1) is 0 Å². The molecule has 0 saturated carbocycles. The fraction of sp³-hybridized carbons (Fsp3) is 0.353. The molecule has 1 fully saturated rings. The van der Waals surface area contributed by atoms with Crippen molar-refractivity contribution in [3.8, 4) is 5.75 Å². The lowest BCUT2D eigenvalue weighted by Gasteiger charge is -2.22. The predicted octanol–water partition coefficient (Wildman–Crippen LogP) is 2.31. The third kappa shape index (κ3) is 2.32. The van der Waals surface area contributed by atoms with E-state index in [0.717, 1.165) is 0 Å². The highest BCUT2D eigenvalue weighted by atomic mass is 16.5. The first kappa shape index (κ1) is 14.5. The van der Waals surface area contributed by atoms with Crippen LogP contribution in [-0.2, 0) is 14.4 Å². The Bertz CT molecular complexity index is 662. The summed E-state index contributed by atoms with van der Waals surface area (Å²) in [6.07, 6.45) is 4.59. The molecule has 5 heteroatoms. The molecule has 0 spiro atoms. The van der Waals surface area contributed by atoms with E-state index in [0.29, 0.717) is 17.9 Å². The van der Waals surface area contributed by atoms with Crippen molar-refractivity contribution < 1.29 is 19.1 Å². The van der Waals surface area contributed by atoms with E-state index in [1.54, 1.807) is 24.3 Å².